The van der Waals surface area contributed by atoms with Gasteiger partial charge in [-0.25, -0.2) is 28.0 Å². The Morgan fingerprint density at radius 1 is 0.534 bits per heavy atom. The lowest BCUT2D eigenvalue weighted by Crippen LogP contribution is -2.33. The smallest absolute Gasteiger partial charge is 0.337 e. The van der Waals surface area contributed by atoms with Crippen LogP contribution in [0, 0.1) is 40.7 Å². The largest absolute Gasteiger partial charge is 0.495 e. The summed E-state index contributed by atoms with van der Waals surface area (Å²) in [5, 5.41) is 28.1. The molecule has 0 bridgehead atoms. The Hall–Kier alpha value is -7.13. The topological polar surface area (TPSA) is 206 Å². The van der Waals surface area contributed by atoms with Crippen LogP contribution < -0.4 is 34.1 Å². The lowest BCUT2D eigenvalue weighted by atomic mass is 9.98. The lowest BCUT2D eigenvalue weighted by Gasteiger charge is -2.33. The molecule has 73 heavy (non-hydrogen) atoms. The van der Waals surface area contributed by atoms with Crippen molar-refractivity contribution >= 4 is 35.3 Å². The lowest BCUT2D eigenvalue weighted by molar-refractivity contribution is 0.0591. The molecular formula is C55H76F2N4O12. The summed E-state index contributed by atoms with van der Waals surface area (Å²) in [6.07, 6.45) is 7.48. The number of esters is 2. The molecule has 0 amide bonds. The number of benzene rings is 4. The van der Waals surface area contributed by atoms with Crippen molar-refractivity contribution in [1.82, 2.24) is 5.32 Å². The molecule has 0 spiro atoms. The maximum atomic E-state index is 12.9. The van der Waals surface area contributed by atoms with E-state index in [0.29, 0.717) is 11.3 Å². The number of nitrogens with one attached hydrogen (secondary N) is 1. The van der Waals surface area contributed by atoms with Crippen LogP contribution in [0.2, 0.25) is 0 Å². The fourth-order valence-electron chi connectivity index (χ4n) is 7.42. The van der Waals surface area contributed by atoms with Gasteiger partial charge in [0.2, 0.25) is 0 Å². The number of methoxy groups -OCH3 is 6. The SMILES string of the molecule is C.CC#N.CC1CCNCC1.COC(=O)c1ccc(F)c(OC)c1.COC(=O)c1ccc(N2CCC(C)CC2)c(OC)c1.COc1cc(C(=O)O)ccc1F.COc1cc(C(=O)O)ccc1N1CCC(C)CC1. The van der Waals surface area contributed by atoms with Crippen molar-refractivity contribution in [1.29, 1.82) is 5.26 Å². The maximum Gasteiger partial charge on any atom is 0.337 e. The predicted octanol–water partition coefficient (Wildman–Crippen LogP) is 10.7. The van der Waals surface area contributed by atoms with Gasteiger partial charge in [-0.3, -0.25) is 0 Å². The number of nitrogens with zero attached hydrogens (tertiary/aromatic N) is 3. The Kier molecular flexibility index (Phi) is 30.0. The van der Waals surface area contributed by atoms with E-state index < -0.39 is 29.5 Å². The van der Waals surface area contributed by atoms with Gasteiger partial charge >= 0.3 is 23.9 Å². The highest BCUT2D eigenvalue weighted by atomic mass is 19.1. The van der Waals surface area contributed by atoms with Gasteiger partial charge in [-0.1, -0.05) is 28.2 Å². The van der Waals surface area contributed by atoms with Crippen LogP contribution in [0.3, 0.4) is 0 Å². The zero-order valence-electron chi connectivity index (χ0n) is 43.2. The highest BCUT2D eigenvalue weighted by Gasteiger charge is 2.22. The van der Waals surface area contributed by atoms with Gasteiger partial charge in [-0.2, -0.15) is 5.26 Å². The van der Waals surface area contributed by atoms with E-state index in [0.717, 1.165) is 79.3 Å². The van der Waals surface area contributed by atoms with E-state index in [4.69, 9.17) is 34.4 Å². The van der Waals surface area contributed by atoms with Crippen molar-refractivity contribution in [2.24, 2.45) is 17.8 Å². The molecule has 4 aromatic carbocycles. The Morgan fingerprint density at radius 2 is 0.822 bits per heavy atom. The summed E-state index contributed by atoms with van der Waals surface area (Å²) in [5.74, 6) is -0.0726. The van der Waals surface area contributed by atoms with E-state index in [1.165, 1.54) is 105 Å². The van der Waals surface area contributed by atoms with E-state index in [1.807, 2.05) is 12.1 Å². The molecule has 3 N–H and O–H groups in total. The van der Waals surface area contributed by atoms with Crippen molar-refractivity contribution < 1.29 is 66.6 Å². The molecule has 0 aromatic heterocycles. The van der Waals surface area contributed by atoms with E-state index in [2.05, 4.69) is 45.4 Å². The van der Waals surface area contributed by atoms with Gasteiger partial charge in [0.25, 0.3) is 0 Å². The normalized spacial score (nSPS) is 14.1. The molecule has 0 unspecified atom stereocenters. The minimum absolute atomic E-state index is 0. The molecule has 3 aliphatic heterocycles. The molecule has 7 rings (SSSR count). The van der Waals surface area contributed by atoms with Crippen LogP contribution in [-0.4, -0.2) is 116 Å². The van der Waals surface area contributed by atoms with E-state index >= 15 is 0 Å². The van der Waals surface area contributed by atoms with Gasteiger partial charge in [-0.15, -0.1) is 0 Å². The highest BCUT2D eigenvalue weighted by molar-refractivity contribution is 5.91. The monoisotopic (exact) mass is 1020 g/mol. The predicted molar refractivity (Wildman–Crippen MR) is 279 cm³/mol. The first-order valence-corrected chi connectivity index (χ1v) is 23.6. The van der Waals surface area contributed by atoms with Crippen molar-refractivity contribution in [3.05, 3.63) is 107 Å². The fourth-order valence-corrected chi connectivity index (χ4v) is 7.42. The van der Waals surface area contributed by atoms with Gasteiger partial charge in [-0.05, 0) is 142 Å². The Morgan fingerprint density at radius 3 is 1.14 bits per heavy atom. The Balaban J connectivity index is 0.000000461. The van der Waals surface area contributed by atoms with E-state index in [-0.39, 0.29) is 41.6 Å². The number of carbonyl (C=O) groups is 4. The molecule has 0 radical (unpaired) electrons. The zero-order valence-corrected chi connectivity index (χ0v) is 43.2. The van der Waals surface area contributed by atoms with E-state index in [9.17, 15) is 28.0 Å². The number of ether oxygens (including phenoxy) is 6. The van der Waals surface area contributed by atoms with Crippen molar-refractivity contribution in [2.45, 2.75) is 73.6 Å². The number of carboxylic acids is 2. The second-order valence-electron chi connectivity index (χ2n) is 17.1. The molecule has 3 fully saturated rings. The minimum atomic E-state index is -1.10. The summed E-state index contributed by atoms with van der Waals surface area (Å²) in [5.41, 5.74) is 3.11. The van der Waals surface area contributed by atoms with Crippen LogP contribution in [0.4, 0.5) is 20.2 Å². The van der Waals surface area contributed by atoms with Gasteiger partial charge in [0, 0.05) is 33.1 Å². The fraction of sp³-hybridized carbons (Fsp3) is 0.473. The third-order valence-corrected chi connectivity index (χ3v) is 11.9. The Bertz CT molecular complexity index is 2360. The molecule has 0 saturated carbocycles. The molecule has 4 aromatic rings. The highest BCUT2D eigenvalue weighted by Crippen LogP contribution is 2.34. The van der Waals surface area contributed by atoms with Crippen LogP contribution in [0.25, 0.3) is 0 Å². The molecule has 3 saturated heterocycles. The third-order valence-electron chi connectivity index (χ3n) is 11.9. The second kappa shape index (κ2) is 34.3. The third kappa shape index (κ3) is 21.6. The van der Waals surface area contributed by atoms with E-state index in [1.54, 1.807) is 44.6 Å². The molecule has 402 valence electrons. The van der Waals surface area contributed by atoms with Crippen LogP contribution in [0.15, 0.2) is 72.8 Å². The maximum absolute atomic E-state index is 12.9. The summed E-state index contributed by atoms with van der Waals surface area (Å²) in [4.78, 5) is 48.4. The number of hydrogen-bond donors (Lipinski definition) is 3. The second-order valence-corrected chi connectivity index (χ2v) is 17.1. The summed E-state index contributed by atoms with van der Waals surface area (Å²) in [6.45, 7) is 14.9. The number of piperidine rings is 3. The number of nitriles is 1. The summed E-state index contributed by atoms with van der Waals surface area (Å²) in [7, 11) is 8.47. The molecule has 3 aliphatic rings. The molecule has 16 nitrogen and oxygen atoms in total. The number of carbonyl (C=O) groups excluding carboxylic acids is 2. The quantitative estimate of drug-likeness (QED) is 0.126. The Labute approximate surface area is 430 Å². The van der Waals surface area contributed by atoms with Gasteiger partial charge in [0.15, 0.2) is 23.1 Å². The minimum Gasteiger partial charge on any atom is -0.495 e. The number of halogens is 2. The number of carboxylic acid groups (broad SMARTS) is 2. The average molecular weight is 1020 g/mol. The number of rotatable bonds is 10. The summed E-state index contributed by atoms with van der Waals surface area (Å²) < 4.78 is 54.8. The first-order chi connectivity index (χ1) is 34.4. The molecule has 18 heteroatoms. The van der Waals surface area contributed by atoms with Crippen LogP contribution >= 0.6 is 0 Å². The number of hydrogen-bond acceptors (Lipinski definition) is 14. The first kappa shape index (κ1) is 63.9. The van der Waals surface area contributed by atoms with Crippen LogP contribution in [-0.2, 0) is 9.47 Å². The molecule has 3 heterocycles. The first-order valence-electron chi connectivity index (χ1n) is 23.6. The zero-order chi connectivity index (χ0) is 53.8. The van der Waals surface area contributed by atoms with Crippen LogP contribution in [0.1, 0.15) is 115 Å². The van der Waals surface area contributed by atoms with Crippen molar-refractivity contribution in [3.63, 3.8) is 0 Å². The number of anilines is 2. The van der Waals surface area contributed by atoms with Gasteiger partial charge in [0.05, 0.1) is 82.4 Å². The van der Waals surface area contributed by atoms with Gasteiger partial charge < -0.3 is 53.8 Å². The molecule has 0 atom stereocenters. The van der Waals surface area contributed by atoms with Gasteiger partial charge in [0.1, 0.15) is 11.5 Å². The standard InChI is InChI=1S/C15H21NO3.C14H19NO3.C9H9FO3.C8H7FO3.C6H13N.C2H3N.CH4/c1-11-6-8-16(9-7-11)13-5-4-12(15(17)19-3)10-14(13)18-2;1-10-5-7-15(8-6-10)12-4-3-11(14(16)17)9-13(12)18-2;1-12-8-5-6(9(11)13-2)3-4-7(8)10;1-12-7-4-5(8(10)11)2-3-6(7)9;1-6-2-4-7-5-3-6;1-2-3;/h4-5,10-11H,6-9H2,1-3H3;3-4,9-10H,5-8H2,1-2H3,(H,16,17);3-5H,1-2H3;2-4H,1H3,(H,10,11);6-7H,2-5H2,1H3;1H3;1H4. The van der Waals surface area contributed by atoms with Crippen LogP contribution in [0.5, 0.6) is 23.0 Å². The summed E-state index contributed by atoms with van der Waals surface area (Å²) >= 11 is 0. The molecule has 0 aliphatic carbocycles. The summed E-state index contributed by atoms with van der Waals surface area (Å²) in [6, 6.07) is 19.5. The van der Waals surface area contributed by atoms with Crippen molar-refractivity contribution in [3.8, 4) is 29.1 Å². The molecular weight excluding hydrogens is 947 g/mol. The van der Waals surface area contributed by atoms with Crippen molar-refractivity contribution in [2.75, 3.05) is 91.7 Å². The average Bonchev–Trinajstić information content (AvgIpc) is 3.39. The number of aromatic carboxylic acids is 2.